The van der Waals surface area contributed by atoms with Crippen molar-refractivity contribution in [2.24, 2.45) is 0 Å². The van der Waals surface area contributed by atoms with Gasteiger partial charge in [0.15, 0.2) is 0 Å². The summed E-state index contributed by atoms with van der Waals surface area (Å²) in [6.45, 7) is 9.02. The van der Waals surface area contributed by atoms with Crippen LogP contribution in [0.2, 0.25) is 0 Å². The Morgan fingerprint density at radius 2 is 1.66 bits per heavy atom. The lowest BCUT2D eigenvalue weighted by molar-refractivity contribution is -0.117. The van der Waals surface area contributed by atoms with Gasteiger partial charge in [-0.1, -0.05) is 56.3 Å². The number of fused-ring (bicyclic) bond motifs is 1. The Kier molecular flexibility index (Phi) is 7.97. The molecule has 6 nitrogen and oxygen atoms in total. The van der Waals surface area contributed by atoms with Crippen LogP contribution in [0.4, 0.5) is 5.69 Å². The fourth-order valence-corrected chi connectivity index (χ4v) is 5.35. The number of anilines is 1. The summed E-state index contributed by atoms with van der Waals surface area (Å²) in [4.78, 5) is 20.0. The number of amides is 1. The van der Waals surface area contributed by atoms with Crippen molar-refractivity contribution < 1.29 is 14.3 Å². The van der Waals surface area contributed by atoms with Crippen LogP contribution in [-0.2, 0) is 11.3 Å². The van der Waals surface area contributed by atoms with Crippen LogP contribution in [0.5, 0.6) is 11.5 Å². The summed E-state index contributed by atoms with van der Waals surface area (Å²) in [6, 6.07) is 24.3. The molecule has 1 unspecified atom stereocenters. The number of unbranched alkanes of at least 4 members (excludes halogenated alkanes) is 1. The van der Waals surface area contributed by atoms with Crippen LogP contribution in [0.3, 0.4) is 0 Å². The molecule has 1 aliphatic rings. The van der Waals surface area contributed by atoms with Crippen LogP contribution < -0.4 is 14.4 Å². The van der Waals surface area contributed by atoms with Crippen molar-refractivity contribution in [3.8, 4) is 11.5 Å². The number of imidazole rings is 1. The maximum atomic E-state index is 13.2. The predicted molar refractivity (Wildman–Crippen MR) is 152 cm³/mol. The van der Waals surface area contributed by atoms with E-state index in [1.807, 2.05) is 48.2 Å². The molecule has 0 radical (unpaired) electrons. The van der Waals surface area contributed by atoms with E-state index in [9.17, 15) is 4.79 Å². The first-order chi connectivity index (χ1) is 18.6. The molecular formula is C32H37N3O3. The predicted octanol–water partition coefficient (Wildman–Crippen LogP) is 6.94. The molecule has 4 aromatic rings. The van der Waals surface area contributed by atoms with Crippen molar-refractivity contribution in [3.63, 3.8) is 0 Å². The van der Waals surface area contributed by atoms with Gasteiger partial charge in [0.1, 0.15) is 17.3 Å². The van der Waals surface area contributed by atoms with E-state index < -0.39 is 0 Å². The lowest BCUT2D eigenvalue weighted by Crippen LogP contribution is -2.25. The Hall–Kier alpha value is -3.80. The highest BCUT2D eigenvalue weighted by molar-refractivity contribution is 5.97. The highest BCUT2D eigenvalue weighted by Gasteiger charge is 2.35. The molecule has 0 bridgehead atoms. The molecule has 1 aromatic heterocycles. The minimum Gasteiger partial charge on any atom is -0.493 e. The second-order valence-electron chi connectivity index (χ2n) is 10.2. The molecule has 5 rings (SSSR count). The van der Waals surface area contributed by atoms with Crippen molar-refractivity contribution in [2.45, 2.75) is 58.4 Å². The van der Waals surface area contributed by atoms with Crippen molar-refractivity contribution in [2.75, 3.05) is 24.7 Å². The summed E-state index contributed by atoms with van der Waals surface area (Å²) in [5, 5.41) is 0. The van der Waals surface area contributed by atoms with Gasteiger partial charge in [-0.25, -0.2) is 4.98 Å². The van der Waals surface area contributed by atoms with Crippen molar-refractivity contribution in [3.05, 3.63) is 84.2 Å². The third kappa shape index (κ3) is 5.40. The summed E-state index contributed by atoms with van der Waals surface area (Å²) < 4.78 is 14.3. The summed E-state index contributed by atoms with van der Waals surface area (Å²) >= 11 is 0. The molecule has 2 heterocycles. The molecule has 198 valence electrons. The number of rotatable bonds is 11. The third-order valence-electron chi connectivity index (χ3n) is 7.20. The highest BCUT2D eigenvalue weighted by atomic mass is 16.5. The van der Waals surface area contributed by atoms with Crippen molar-refractivity contribution in [1.29, 1.82) is 0 Å². The van der Waals surface area contributed by atoms with Gasteiger partial charge in [0.25, 0.3) is 0 Å². The average Bonchev–Trinajstić information content (AvgIpc) is 3.49. The molecule has 1 saturated heterocycles. The van der Waals surface area contributed by atoms with E-state index in [1.54, 1.807) is 0 Å². The average molecular weight is 512 g/mol. The fraction of sp³-hybridized carbons (Fsp3) is 0.375. The minimum absolute atomic E-state index is 0.0266. The number of carbonyl (C=O) groups is 1. The number of ether oxygens (including phenoxy) is 2. The Bertz CT molecular complexity index is 1390. The lowest BCUT2D eigenvalue weighted by Gasteiger charge is -2.20. The Balaban J connectivity index is 1.30. The van der Waals surface area contributed by atoms with Crippen LogP contribution in [0, 0.1) is 0 Å². The molecule has 38 heavy (non-hydrogen) atoms. The van der Waals surface area contributed by atoms with Gasteiger partial charge in [-0.3, -0.25) is 4.79 Å². The SMILES string of the molecule is CCOc1ccccc1N1CC(c2nc3ccccc3n2CCCCOc2ccccc2C(C)C)CC1=O. The second-order valence-corrected chi connectivity index (χ2v) is 10.2. The summed E-state index contributed by atoms with van der Waals surface area (Å²) in [6.07, 6.45) is 2.35. The van der Waals surface area contributed by atoms with E-state index in [0.717, 1.165) is 53.4 Å². The number of hydrogen-bond donors (Lipinski definition) is 0. The van der Waals surface area contributed by atoms with E-state index in [-0.39, 0.29) is 11.8 Å². The topological polar surface area (TPSA) is 56.6 Å². The standard InChI is InChI=1S/C32H37N3O3/c1-4-37-30-18-10-8-16-28(30)35-22-24(21-31(35)36)32-33-26-14-6-7-15-27(26)34(32)19-11-12-20-38-29-17-9-5-13-25(29)23(2)3/h5-10,13-18,23-24H,4,11-12,19-22H2,1-3H3. The molecule has 3 aromatic carbocycles. The van der Waals surface area contributed by atoms with Gasteiger partial charge in [0.2, 0.25) is 5.91 Å². The summed E-state index contributed by atoms with van der Waals surface area (Å²) in [5.74, 6) is 3.28. The quantitative estimate of drug-likeness (QED) is 0.205. The van der Waals surface area contributed by atoms with Gasteiger partial charge in [0.05, 0.1) is 29.9 Å². The maximum Gasteiger partial charge on any atom is 0.227 e. The zero-order valence-corrected chi connectivity index (χ0v) is 22.6. The normalized spacial score (nSPS) is 15.5. The molecule has 1 amide bonds. The van der Waals surface area contributed by atoms with Gasteiger partial charge >= 0.3 is 0 Å². The van der Waals surface area contributed by atoms with E-state index >= 15 is 0 Å². The van der Waals surface area contributed by atoms with Crippen molar-refractivity contribution in [1.82, 2.24) is 9.55 Å². The van der Waals surface area contributed by atoms with Crippen LogP contribution in [0.1, 0.15) is 63.3 Å². The number of para-hydroxylation sites is 5. The van der Waals surface area contributed by atoms with E-state index in [2.05, 4.69) is 54.8 Å². The van der Waals surface area contributed by atoms with Crippen LogP contribution in [0.15, 0.2) is 72.8 Å². The largest absolute Gasteiger partial charge is 0.493 e. The van der Waals surface area contributed by atoms with Crippen LogP contribution >= 0.6 is 0 Å². The molecule has 1 aliphatic heterocycles. The van der Waals surface area contributed by atoms with E-state index in [0.29, 0.717) is 32.1 Å². The van der Waals surface area contributed by atoms with Gasteiger partial charge < -0.3 is 18.9 Å². The Morgan fingerprint density at radius 3 is 2.47 bits per heavy atom. The van der Waals surface area contributed by atoms with Gasteiger partial charge in [0, 0.05) is 25.4 Å². The minimum atomic E-state index is 0.0266. The second kappa shape index (κ2) is 11.7. The number of carbonyl (C=O) groups excluding carboxylic acids is 1. The Labute approximate surface area is 225 Å². The van der Waals surface area contributed by atoms with Gasteiger partial charge in [-0.15, -0.1) is 0 Å². The molecule has 0 N–H and O–H groups in total. The molecule has 0 spiro atoms. The van der Waals surface area contributed by atoms with Crippen LogP contribution in [-0.4, -0.2) is 35.2 Å². The fourth-order valence-electron chi connectivity index (χ4n) is 5.35. The molecule has 0 aliphatic carbocycles. The number of aromatic nitrogens is 2. The van der Waals surface area contributed by atoms with E-state index in [4.69, 9.17) is 14.5 Å². The lowest BCUT2D eigenvalue weighted by atomic mass is 10.0. The molecule has 1 atom stereocenters. The van der Waals surface area contributed by atoms with Gasteiger partial charge in [-0.05, 0) is 61.6 Å². The first-order valence-electron chi connectivity index (χ1n) is 13.8. The zero-order valence-electron chi connectivity index (χ0n) is 22.6. The number of hydrogen-bond acceptors (Lipinski definition) is 4. The molecule has 6 heteroatoms. The zero-order chi connectivity index (χ0) is 26.5. The third-order valence-corrected chi connectivity index (χ3v) is 7.20. The molecule has 0 saturated carbocycles. The monoisotopic (exact) mass is 511 g/mol. The summed E-state index contributed by atoms with van der Waals surface area (Å²) in [7, 11) is 0. The van der Waals surface area contributed by atoms with Crippen LogP contribution in [0.25, 0.3) is 11.0 Å². The van der Waals surface area contributed by atoms with Crippen molar-refractivity contribution >= 4 is 22.6 Å². The molecular weight excluding hydrogens is 474 g/mol. The number of aryl methyl sites for hydroxylation is 1. The Morgan fingerprint density at radius 1 is 0.921 bits per heavy atom. The van der Waals surface area contributed by atoms with Gasteiger partial charge in [-0.2, -0.15) is 0 Å². The molecule has 1 fully saturated rings. The maximum absolute atomic E-state index is 13.2. The smallest absolute Gasteiger partial charge is 0.227 e. The number of benzene rings is 3. The highest BCUT2D eigenvalue weighted by Crippen LogP contribution is 2.37. The summed E-state index contributed by atoms with van der Waals surface area (Å²) in [5.41, 5.74) is 4.18. The number of nitrogens with zero attached hydrogens (tertiary/aromatic N) is 3. The first-order valence-corrected chi connectivity index (χ1v) is 13.8. The van der Waals surface area contributed by atoms with E-state index in [1.165, 1.54) is 5.56 Å². The first kappa shape index (κ1) is 25.8.